The van der Waals surface area contributed by atoms with E-state index in [0.29, 0.717) is 13.0 Å². The van der Waals surface area contributed by atoms with Crippen LogP contribution >= 0.6 is 0 Å². The van der Waals surface area contributed by atoms with Crippen LogP contribution in [-0.4, -0.2) is 23.0 Å². The number of nitrogen functional groups attached to an aromatic ring is 1. The Bertz CT molecular complexity index is 1020. The van der Waals surface area contributed by atoms with Crippen LogP contribution < -0.4 is 21.5 Å². The molecule has 0 bridgehead atoms. The lowest BCUT2D eigenvalue weighted by Crippen LogP contribution is -2.37. The van der Waals surface area contributed by atoms with Gasteiger partial charge in [0, 0.05) is 0 Å². The molecule has 0 saturated carbocycles. The van der Waals surface area contributed by atoms with E-state index < -0.39 is 17.9 Å². The first-order valence-corrected chi connectivity index (χ1v) is 9.37. The first kappa shape index (κ1) is 20.9. The number of aromatic carboxylic acids is 1. The van der Waals surface area contributed by atoms with Gasteiger partial charge in [0.15, 0.2) is 0 Å². The highest BCUT2D eigenvalue weighted by molar-refractivity contribution is 5.99. The molecule has 0 aliphatic carbocycles. The molecule has 3 rings (SSSR count). The predicted molar refractivity (Wildman–Crippen MR) is 115 cm³/mol. The van der Waals surface area contributed by atoms with E-state index in [1.165, 1.54) is 18.2 Å². The van der Waals surface area contributed by atoms with Crippen LogP contribution in [0.5, 0.6) is 5.75 Å². The summed E-state index contributed by atoms with van der Waals surface area (Å²) >= 11 is 0. The van der Waals surface area contributed by atoms with Crippen LogP contribution in [0.3, 0.4) is 0 Å². The molecule has 0 unspecified atom stereocenters. The van der Waals surface area contributed by atoms with Gasteiger partial charge in [0.05, 0.1) is 23.0 Å². The minimum absolute atomic E-state index is 0.0270. The Morgan fingerprint density at radius 1 is 0.967 bits per heavy atom. The highest BCUT2D eigenvalue weighted by Crippen LogP contribution is 2.21. The highest BCUT2D eigenvalue weighted by atomic mass is 16.5. The zero-order valence-electron chi connectivity index (χ0n) is 16.2. The maximum absolute atomic E-state index is 12.4. The van der Waals surface area contributed by atoms with Crippen molar-refractivity contribution in [3.05, 3.63) is 89.5 Å². The van der Waals surface area contributed by atoms with Crippen LogP contribution in [0.25, 0.3) is 0 Å². The minimum atomic E-state index is -1.11. The molecule has 0 aromatic heterocycles. The Morgan fingerprint density at radius 2 is 1.67 bits per heavy atom. The number of nitrogens with one attached hydrogen (secondary N) is 1. The van der Waals surface area contributed by atoms with Gasteiger partial charge in [-0.25, -0.2) is 4.79 Å². The van der Waals surface area contributed by atoms with Crippen LogP contribution in [0.1, 0.15) is 21.5 Å². The fourth-order valence-corrected chi connectivity index (χ4v) is 2.83. The number of carbonyl (C=O) groups excluding carboxylic acids is 1. The van der Waals surface area contributed by atoms with Crippen molar-refractivity contribution < 1.29 is 19.4 Å². The van der Waals surface area contributed by atoms with Gasteiger partial charge in [-0.15, -0.1) is 0 Å². The van der Waals surface area contributed by atoms with Crippen molar-refractivity contribution in [2.45, 2.75) is 19.1 Å². The maximum atomic E-state index is 12.4. The molecule has 1 atom stereocenters. The Hall–Kier alpha value is -3.84. The third-order valence-electron chi connectivity index (χ3n) is 4.52. The first-order valence-electron chi connectivity index (χ1n) is 9.37. The molecule has 0 aliphatic heterocycles. The first-order chi connectivity index (χ1) is 14.4. The van der Waals surface area contributed by atoms with Crippen molar-refractivity contribution >= 4 is 23.3 Å². The van der Waals surface area contributed by atoms with Gasteiger partial charge in [-0.3, -0.25) is 4.79 Å². The van der Waals surface area contributed by atoms with E-state index in [2.05, 4.69) is 5.32 Å². The summed E-state index contributed by atoms with van der Waals surface area (Å²) < 4.78 is 5.75. The smallest absolute Gasteiger partial charge is 0.335 e. The molecule has 3 aromatic carbocycles. The molecule has 154 valence electrons. The number of anilines is 2. The van der Waals surface area contributed by atoms with E-state index in [1.807, 2.05) is 54.6 Å². The van der Waals surface area contributed by atoms with Gasteiger partial charge in [0.1, 0.15) is 12.4 Å². The van der Waals surface area contributed by atoms with E-state index in [1.54, 1.807) is 0 Å². The van der Waals surface area contributed by atoms with Crippen molar-refractivity contribution in [1.29, 1.82) is 0 Å². The second-order valence-corrected chi connectivity index (χ2v) is 6.83. The molecule has 0 saturated heterocycles. The van der Waals surface area contributed by atoms with Gasteiger partial charge in [0.25, 0.3) is 0 Å². The lowest BCUT2D eigenvalue weighted by molar-refractivity contribution is -0.117. The number of ether oxygens (including phenoxy) is 1. The minimum Gasteiger partial charge on any atom is -0.489 e. The van der Waals surface area contributed by atoms with E-state index in [9.17, 15) is 9.59 Å². The lowest BCUT2D eigenvalue weighted by atomic mass is 10.1. The maximum Gasteiger partial charge on any atom is 0.335 e. The van der Waals surface area contributed by atoms with Crippen LogP contribution in [0.2, 0.25) is 0 Å². The van der Waals surface area contributed by atoms with Gasteiger partial charge in [-0.05, 0) is 47.9 Å². The van der Waals surface area contributed by atoms with Crippen molar-refractivity contribution in [2.24, 2.45) is 5.73 Å². The molecule has 1 amide bonds. The monoisotopic (exact) mass is 405 g/mol. The summed E-state index contributed by atoms with van der Waals surface area (Å²) in [6.07, 6.45) is 0.309. The zero-order chi connectivity index (χ0) is 21.5. The summed E-state index contributed by atoms with van der Waals surface area (Å²) in [5.41, 5.74) is 14.3. The van der Waals surface area contributed by atoms with Crippen molar-refractivity contribution in [3.63, 3.8) is 0 Å². The SMILES string of the molecule is Nc1ccc(C(=O)O)cc1NC(=O)[C@@H](N)Cc1ccc(OCc2ccccc2)cc1. The number of hydrogen-bond donors (Lipinski definition) is 4. The average Bonchev–Trinajstić information content (AvgIpc) is 2.75. The zero-order valence-corrected chi connectivity index (χ0v) is 16.2. The summed E-state index contributed by atoms with van der Waals surface area (Å²) in [7, 11) is 0. The van der Waals surface area contributed by atoms with Gasteiger partial charge in [0.2, 0.25) is 5.91 Å². The molecule has 0 radical (unpaired) electrons. The van der Waals surface area contributed by atoms with E-state index in [0.717, 1.165) is 16.9 Å². The summed E-state index contributed by atoms with van der Waals surface area (Å²) in [5, 5.41) is 11.7. The summed E-state index contributed by atoms with van der Waals surface area (Å²) in [6.45, 7) is 0.471. The normalized spacial score (nSPS) is 11.5. The number of carboxylic acids is 1. The molecule has 30 heavy (non-hydrogen) atoms. The molecule has 7 nitrogen and oxygen atoms in total. The standard InChI is InChI=1S/C23H23N3O4/c24-19-11-8-17(23(28)29)13-21(19)26-22(27)20(25)12-15-6-9-18(10-7-15)30-14-16-4-2-1-3-5-16/h1-11,13,20H,12,14,24-25H2,(H,26,27)(H,28,29)/t20-/m0/s1. The van der Waals surface area contributed by atoms with Crippen LogP contribution in [0, 0.1) is 0 Å². The number of hydrogen-bond acceptors (Lipinski definition) is 5. The third-order valence-corrected chi connectivity index (χ3v) is 4.52. The average molecular weight is 405 g/mol. The Balaban J connectivity index is 1.56. The summed E-state index contributed by atoms with van der Waals surface area (Å²) in [5.74, 6) is -0.836. The summed E-state index contributed by atoms with van der Waals surface area (Å²) in [6, 6.07) is 20.5. The third kappa shape index (κ3) is 5.59. The Morgan fingerprint density at radius 3 is 2.33 bits per heavy atom. The Kier molecular flexibility index (Phi) is 6.67. The fourth-order valence-electron chi connectivity index (χ4n) is 2.83. The Labute approximate surface area is 174 Å². The van der Waals surface area contributed by atoms with E-state index >= 15 is 0 Å². The number of rotatable bonds is 8. The second-order valence-electron chi connectivity index (χ2n) is 6.83. The number of nitrogens with two attached hydrogens (primary N) is 2. The largest absolute Gasteiger partial charge is 0.489 e. The molecule has 6 N–H and O–H groups in total. The molecule has 0 heterocycles. The molecule has 0 aliphatic rings. The van der Waals surface area contributed by atoms with Crippen molar-refractivity contribution in [3.8, 4) is 5.75 Å². The van der Waals surface area contributed by atoms with Crippen molar-refractivity contribution in [2.75, 3.05) is 11.1 Å². The molecule has 0 spiro atoms. The fraction of sp³-hybridized carbons (Fsp3) is 0.130. The number of benzene rings is 3. The lowest BCUT2D eigenvalue weighted by Gasteiger charge is -2.14. The van der Waals surface area contributed by atoms with Crippen LogP contribution in [-0.2, 0) is 17.8 Å². The van der Waals surface area contributed by atoms with E-state index in [4.69, 9.17) is 21.3 Å². The number of carboxylic acid groups (broad SMARTS) is 1. The molecule has 0 fully saturated rings. The predicted octanol–water partition coefficient (Wildman–Crippen LogP) is 3.05. The molecular weight excluding hydrogens is 382 g/mol. The van der Waals surface area contributed by atoms with Gasteiger partial charge in [-0.2, -0.15) is 0 Å². The van der Waals surface area contributed by atoms with Crippen LogP contribution in [0.4, 0.5) is 11.4 Å². The molecule has 7 heteroatoms. The molecule has 3 aromatic rings. The van der Waals surface area contributed by atoms with Crippen LogP contribution in [0.15, 0.2) is 72.8 Å². The van der Waals surface area contributed by atoms with E-state index in [-0.39, 0.29) is 16.9 Å². The topological polar surface area (TPSA) is 128 Å². The number of carbonyl (C=O) groups is 2. The second kappa shape index (κ2) is 9.58. The van der Waals surface area contributed by atoms with Gasteiger partial charge in [-0.1, -0.05) is 42.5 Å². The van der Waals surface area contributed by atoms with Gasteiger partial charge >= 0.3 is 5.97 Å². The highest BCUT2D eigenvalue weighted by Gasteiger charge is 2.16. The summed E-state index contributed by atoms with van der Waals surface area (Å²) in [4.78, 5) is 23.5. The molecular formula is C23H23N3O4. The van der Waals surface area contributed by atoms with Gasteiger partial charge < -0.3 is 26.6 Å². The van der Waals surface area contributed by atoms with Crippen molar-refractivity contribution in [1.82, 2.24) is 0 Å². The quantitative estimate of drug-likeness (QED) is 0.427. The number of amides is 1.